The number of hydrogen-bond donors (Lipinski definition) is 0. The van der Waals surface area contributed by atoms with Gasteiger partial charge in [0.15, 0.2) is 0 Å². The van der Waals surface area contributed by atoms with Gasteiger partial charge in [-0.1, -0.05) is 32.9 Å². The second-order valence-corrected chi connectivity index (χ2v) is 7.40. The van der Waals surface area contributed by atoms with Gasteiger partial charge in [-0.05, 0) is 48.2 Å². The molecule has 1 aromatic rings. The molecule has 3 rings (SSSR count). The molecule has 104 valence electrons. The molecule has 1 aromatic carbocycles. The zero-order valence-corrected chi connectivity index (χ0v) is 13.0. The van der Waals surface area contributed by atoms with E-state index in [1.54, 1.807) is 16.7 Å². The highest BCUT2D eigenvalue weighted by atomic mass is 15.2. The molecule has 2 nitrogen and oxygen atoms in total. The van der Waals surface area contributed by atoms with Gasteiger partial charge in [-0.3, -0.25) is 4.90 Å². The lowest BCUT2D eigenvalue weighted by Crippen LogP contribution is -2.43. The minimum atomic E-state index is 0.250. The fourth-order valence-corrected chi connectivity index (χ4v) is 3.53. The highest BCUT2D eigenvalue weighted by Gasteiger charge is 2.33. The van der Waals surface area contributed by atoms with Gasteiger partial charge in [0, 0.05) is 25.7 Å². The standard InChI is InChI=1S/C17H26N2/c1-17(2,3)14-8-12-6-7-19(5)15-11-18(4)10-13(9-14)16(12)15/h8-9,15H,6-7,10-11H2,1-5H3. The topological polar surface area (TPSA) is 6.48 Å². The lowest BCUT2D eigenvalue weighted by atomic mass is 9.79. The third kappa shape index (κ3) is 2.21. The van der Waals surface area contributed by atoms with Gasteiger partial charge < -0.3 is 4.90 Å². The minimum absolute atomic E-state index is 0.250. The lowest BCUT2D eigenvalue weighted by molar-refractivity contribution is 0.149. The molecule has 19 heavy (non-hydrogen) atoms. The van der Waals surface area contributed by atoms with Crippen LogP contribution in [0.5, 0.6) is 0 Å². The van der Waals surface area contributed by atoms with Crippen molar-refractivity contribution in [3.8, 4) is 0 Å². The summed E-state index contributed by atoms with van der Waals surface area (Å²) in [6.45, 7) is 10.4. The summed E-state index contributed by atoms with van der Waals surface area (Å²) in [7, 11) is 4.52. The maximum absolute atomic E-state index is 2.53. The summed E-state index contributed by atoms with van der Waals surface area (Å²) in [6.07, 6.45) is 1.21. The molecule has 0 amide bonds. The molecule has 0 fully saturated rings. The average molecular weight is 258 g/mol. The van der Waals surface area contributed by atoms with E-state index in [0.717, 1.165) is 6.54 Å². The SMILES string of the molecule is CN1Cc2cc(C(C)(C)C)cc3c2C(C1)N(C)CC3. The average Bonchev–Trinajstić information content (AvgIpc) is 2.31. The molecule has 0 saturated heterocycles. The molecule has 0 spiro atoms. The Kier molecular flexibility index (Phi) is 2.99. The fraction of sp³-hybridized carbons (Fsp3) is 0.647. The van der Waals surface area contributed by atoms with Crippen molar-refractivity contribution >= 4 is 0 Å². The van der Waals surface area contributed by atoms with Crippen molar-refractivity contribution in [3.05, 3.63) is 34.4 Å². The maximum atomic E-state index is 2.53. The molecular weight excluding hydrogens is 232 g/mol. The largest absolute Gasteiger partial charge is 0.300 e. The van der Waals surface area contributed by atoms with Crippen LogP contribution in [0.25, 0.3) is 0 Å². The summed E-state index contributed by atoms with van der Waals surface area (Å²) in [6, 6.07) is 5.54. The van der Waals surface area contributed by atoms with Crippen LogP contribution in [0, 0.1) is 0 Å². The monoisotopic (exact) mass is 258 g/mol. The van der Waals surface area contributed by atoms with E-state index < -0.39 is 0 Å². The van der Waals surface area contributed by atoms with Crippen molar-refractivity contribution < 1.29 is 0 Å². The molecule has 2 aliphatic rings. The molecule has 0 radical (unpaired) electrons. The van der Waals surface area contributed by atoms with Gasteiger partial charge in [0.2, 0.25) is 0 Å². The van der Waals surface area contributed by atoms with Crippen molar-refractivity contribution in [2.45, 2.75) is 45.2 Å². The smallest absolute Gasteiger partial charge is 0.0478 e. The molecular formula is C17H26N2. The molecule has 0 bridgehead atoms. The first-order valence-electron chi connectivity index (χ1n) is 7.41. The van der Waals surface area contributed by atoms with Crippen LogP contribution in [0.1, 0.15) is 49.1 Å². The molecule has 1 atom stereocenters. The van der Waals surface area contributed by atoms with E-state index in [-0.39, 0.29) is 5.41 Å². The summed E-state index contributed by atoms with van der Waals surface area (Å²) >= 11 is 0. The molecule has 0 N–H and O–H groups in total. The van der Waals surface area contributed by atoms with E-state index in [1.807, 2.05) is 0 Å². The van der Waals surface area contributed by atoms with E-state index >= 15 is 0 Å². The van der Waals surface area contributed by atoms with Crippen LogP contribution in [-0.4, -0.2) is 37.0 Å². The molecule has 0 saturated carbocycles. The van der Waals surface area contributed by atoms with Gasteiger partial charge in [-0.2, -0.15) is 0 Å². The molecule has 1 unspecified atom stereocenters. The van der Waals surface area contributed by atoms with Crippen LogP contribution in [0.4, 0.5) is 0 Å². The molecule has 0 aliphatic carbocycles. The quantitative estimate of drug-likeness (QED) is 0.706. The highest BCUT2D eigenvalue weighted by molar-refractivity contribution is 5.46. The summed E-state index contributed by atoms with van der Waals surface area (Å²) < 4.78 is 0. The van der Waals surface area contributed by atoms with E-state index in [9.17, 15) is 0 Å². The van der Waals surface area contributed by atoms with Gasteiger partial charge in [-0.15, -0.1) is 0 Å². The van der Waals surface area contributed by atoms with Crippen molar-refractivity contribution in [2.75, 3.05) is 27.2 Å². The molecule has 2 heterocycles. The van der Waals surface area contributed by atoms with Crippen LogP contribution in [0.3, 0.4) is 0 Å². The number of likely N-dealkylation sites (N-methyl/N-ethyl adjacent to an activating group) is 2. The number of benzene rings is 1. The van der Waals surface area contributed by atoms with Gasteiger partial charge in [-0.25, -0.2) is 0 Å². The van der Waals surface area contributed by atoms with Crippen LogP contribution < -0.4 is 0 Å². The van der Waals surface area contributed by atoms with Crippen molar-refractivity contribution in [1.29, 1.82) is 0 Å². The Morgan fingerprint density at radius 3 is 2.47 bits per heavy atom. The van der Waals surface area contributed by atoms with Crippen molar-refractivity contribution in [1.82, 2.24) is 9.80 Å². The normalized spacial score (nSPS) is 24.4. The predicted molar refractivity (Wildman–Crippen MR) is 80.6 cm³/mol. The van der Waals surface area contributed by atoms with E-state index in [2.05, 4.69) is 56.8 Å². The van der Waals surface area contributed by atoms with Gasteiger partial charge >= 0.3 is 0 Å². The van der Waals surface area contributed by atoms with Crippen LogP contribution >= 0.6 is 0 Å². The number of rotatable bonds is 0. The first-order valence-corrected chi connectivity index (χ1v) is 7.41. The zero-order valence-electron chi connectivity index (χ0n) is 13.0. The van der Waals surface area contributed by atoms with Gasteiger partial charge in [0.05, 0.1) is 0 Å². The third-order valence-electron chi connectivity index (χ3n) is 4.74. The van der Waals surface area contributed by atoms with Crippen LogP contribution in [-0.2, 0) is 18.4 Å². The van der Waals surface area contributed by atoms with Crippen molar-refractivity contribution in [3.63, 3.8) is 0 Å². The number of hydrogen-bond acceptors (Lipinski definition) is 2. The summed E-state index contributed by atoms with van der Waals surface area (Å²) in [5, 5.41) is 0. The highest BCUT2D eigenvalue weighted by Crippen LogP contribution is 2.38. The van der Waals surface area contributed by atoms with E-state index in [1.165, 1.54) is 25.1 Å². The third-order valence-corrected chi connectivity index (χ3v) is 4.74. The Bertz CT molecular complexity index is 499. The molecule has 2 aliphatic heterocycles. The summed E-state index contributed by atoms with van der Waals surface area (Å²) in [5.74, 6) is 0. The first kappa shape index (κ1) is 13.1. The van der Waals surface area contributed by atoms with Gasteiger partial charge in [0.25, 0.3) is 0 Å². The van der Waals surface area contributed by atoms with E-state index in [0.29, 0.717) is 6.04 Å². The minimum Gasteiger partial charge on any atom is -0.300 e. The first-order chi connectivity index (χ1) is 8.86. The summed E-state index contributed by atoms with van der Waals surface area (Å²) in [5.41, 5.74) is 6.56. The molecule has 0 aromatic heterocycles. The molecule has 2 heteroatoms. The Hall–Kier alpha value is -0.860. The Morgan fingerprint density at radius 1 is 1.11 bits per heavy atom. The van der Waals surface area contributed by atoms with Gasteiger partial charge in [0.1, 0.15) is 0 Å². The number of nitrogens with zero attached hydrogens (tertiary/aromatic N) is 2. The second-order valence-electron chi connectivity index (χ2n) is 7.40. The maximum Gasteiger partial charge on any atom is 0.0478 e. The van der Waals surface area contributed by atoms with Crippen LogP contribution in [0.15, 0.2) is 12.1 Å². The lowest BCUT2D eigenvalue weighted by Gasteiger charge is -2.43. The Labute approximate surface area is 117 Å². The Balaban J connectivity index is 2.15. The Morgan fingerprint density at radius 2 is 1.79 bits per heavy atom. The van der Waals surface area contributed by atoms with Crippen molar-refractivity contribution in [2.24, 2.45) is 0 Å². The van der Waals surface area contributed by atoms with E-state index in [4.69, 9.17) is 0 Å². The zero-order chi connectivity index (χ0) is 13.8. The summed E-state index contributed by atoms with van der Waals surface area (Å²) in [4.78, 5) is 4.99. The van der Waals surface area contributed by atoms with Crippen LogP contribution in [0.2, 0.25) is 0 Å². The second kappa shape index (κ2) is 4.32. The fourth-order valence-electron chi connectivity index (χ4n) is 3.53. The predicted octanol–water partition coefficient (Wildman–Crippen LogP) is 2.96.